The lowest BCUT2D eigenvalue weighted by Crippen LogP contribution is -2.00. The number of hydrogen-bond donors (Lipinski definition) is 0. The van der Waals surface area contributed by atoms with Gasteiger partial charge in [-0.3, -0.25) is 12.6 Å². The van der Waals surface area contributed by atoms with E-state index in [2.05, 4.69) is 146 Å². The molecule has 6 heteroatoms. The van der Waals surface area contributed by atoms with Gasteiger partial charge in [-0.2, -0.15) is 0 Å². The summed E-state index contributed by atoms with van der Waals surface area (Å²) in [6.07, 6.45) is 0. The van der Waals surface area contributed by atoms with E-state index in [1.807, 2.05) is 0 Å². The molecule has 16 rings (SSSR count). The predicted molar refractivity (Wildman–Crippen MR) is 202 cm³/mol. The van der Waals surface area contributed by atoms with Gasteiger partial charge in [-0.1, -0.05) is 146 Å². The molecule has 0 amide bonds. The van der Waals surface area contributed by atoms with Crippen LogP contribution in [0.2, 0.25) is 0 Å². The van der Waals surface area contributed by atoms with Crippen molar-refractivity contribution < 1.29 is 12.6 Å². The van der Waals surface area contributed by atoms with Crippen molar-refractivity contribution in [3.63, 3.8) is 0 Å². The highest BCUT2D eigenvalue weighted by Gasteiger charge is 2.10. The van der Waals surface area contributed by atoms with Crippen LogP contribution in [0.5, 0.6) is 0 Å². The monoisotopic (exact) mass is 684 g/mol. The summed E-state index contributed by atoms with van der Waals surface area (Å²) < 4.78 is 39.1. The summed E-state index contributed by atoms with van der Waals surface area (Å²) in [5.41, 5.74) is 12.9. The zero-order valence-electron chi connectivity index (χ0n) is 26.5. The van der Waals surface area contributed by atoms with E-state index in [1.165, 1.54) is 0 Å². The molecule has 10 aliphatic heterocycles. The second kappa shape index (κ2) is 14.9. The highest BCUT2D eigenvalue weighted by molar-refractivity contribution is 7.83. The van der Waals surface area contributed by atoms with Gasteiger partial charge in [0.05, 0.1) is 0 Å². The minimum absolute atomic E-state index is 0.504. The molecule has 3 nitrogen and oxygen atoms in total. The fourth-order valence-electron chi connectivity index (χ4n) is 6.03. The van der Waals surface area contributed by atoms with Crippen molar-refractivity contribution in [3.8, 4) is 33.4 Å². The maximum Gasteiger partial charge on any atom is 0.0489 e. The smallest absolute Gasteiger partial charge is 0.0489 e. The summed E-state index contributed by atoms with van der Waals surface area (Å²) >= 11 is 0. The summed E-state index contributed by atoms with van der Waals surface area (Å²) in [7, 11) is -3.08. The standard InChI is InChI=1S/C42H36O3S3/c43-46-25-31-1-13-37(14-2-31)38-15-3-33(4-16-38)27-47(44)28-34-9-21-41(22-10-34)42-23-11-36(12-24-42)30-48(45)29-35-7-19-40(20-8-35)39-17-5-32(26-46)6-18-39/h1-24H,25-30H2. The first kappa shape index (κ1) is 32.3. The quantitative estimate of drug-likeness (QED) is 0.160. The van der Waals surface area contributed by atoms with Crippen LogP contribution in [0.4, 0.5) is 0 Å². The van der Waals surface area contributed by atoms with E-state index in [0.29, 0.717) is 34.5 Å². The maximum absolute atomic E-state index is 13.0. The molecular weight excluding hydrogens is 649 g/mol. The van der Waals surface area contributed by atoms with Crippen LogP contribution >= 0.6 is 0 Å². The summed E-state index contributed by atoms with van der Waals surface area (Å²) in [6.45, 7) is 0. The molecule has 0 unspecified atom stereocenters. The van der Waals surface area contributed by atoms with Crippen LogP contribution in [-0.2, 0) is 66.9 Å². The Bertz CT molecular complexity index is 1670. The van der Waals surface area contributed by atoms with Gasteiger partial charge in [0.1, 0.15) is 0 Å². The molecule has 0 saturated carbocycles. The lowest BCUT2D eigenvalue weighted by atomic mass is 10.0. The maximum atomic E-state index is 13.0. The van der Waals surface area contributed by atoms with Crippen molar-refractivity contribution in [1.29, 1.82) is 0 Å². The van der Waals surface area contributed by atoms with Gasteiger partial charge in [-0.25, -0.2) is 0 Å². The van der Waals surface area contributed by atoms with Crippen LogP contribution < -0.4 is 0 Å². The minimum Gasteiger partial charge on any atom is -0.259 e. The van der Waals surface area contributed by atoms with Gasteiger partial charge in [0, 0.05) is 66.9 Å². The fraction of sp³-hybridized carbons (Fsp3) is 0.143. The van der Waals surface area contributed by atoms with Crippen LogP contribution in [-0.4, -0.2) is 12.6 Å². The Morgan fingerprint density at radius 3 is 0.479 bits per heavy atom. The van der Waals surface area contributed by atoms with Crippen molar-refractivity contribution >= 4 is 32.4 Å². The molecule has 0 fully saturated rings. The largest absolute Gasteiger partial charge is 0.259 e. The Morgan fingerprint density at radius 2 is 0.354 bits per heavy atom. The Hall–Kier alpha value is -4.23. The topological polar surface area (TPSA) is 51.2 Å². The first-order valence-electron chi connectivity index (χ1n) is 16.0. The molecule has 0 N–H and O–H groups in total. The van der Waals surface area contributed by atoms with E-state index < -0.39 is 32.4 Å². The third-order valence-corrected chi connectivity index (χ3v) is 12.6. The van der Waals surface area contributed by atoms with Gasteiger partial charge in [0.15, 0.2) is 0 Å². The molecule has 0 aromatic heterocycles. The highest BCUT2D eigenvalue weighted by Crippen LogP contribution is 2.26. The van der Waals surface area contributed by atoms with Gasteiger partial charge in [-0.15, -0.1) is 0 Å². The molecule has 0 saturated heterocycles. The van der Waals surface area contributed by atoms with Gasteiger partial charge in [0.25, 0.3) is 0 Å². The lowest BCUT2D eigenvalue weighted by Gasteiger charge is -2.08. The first-order chi connectivity index (χ1) is 23.4. The molecule has 0 radical (unpaired) electrons. The highest BCUT2D eigenvalue weighted by atomic mass is 32.2. The van der Waals surface area contributed by atoms with Crippen LogP contribution in [0.1, 0.15) is 33.4 Å². The Labute approximate surface area is 290 Å². The molecule has 0 aliphatic carbocycles. The van der Waals surface area contributed by atoms with Crippen molar-refractivity contribution in [3.05, 3.63) is 179 Å². The minimum atomic E-state index is -1.03. The first-order valence-corrected chi connectivity index (χ1v) is 20.5. The van der Waals surface area contributed by atoms with Crippen molar-refractivity contribution in [2.75, 3.05) is 0 Å². The Kier molecular flexibility index (Phi) is 10.0. The predicted octanol–water partition coefficient (Wildman–Crippen LogP) is 9.35. The fourth-order valence-corrected chi connectivity index (χ4v) is 9.72. The van der Waals surface area contributed by atoms with E-state index in [-0.39, 0.29) is 0 Å². The third kappa shape index (κ3) is 8.24. The van der Waals surface area contributed by atoms with Gasteiger partial charge in [-0.05, 0) is 66.8 Å². The molecular formula is C42H36O3S3. The number of hydrogen-bond acceptors (Lipinski definition) is 3. The average Bonchev–Trinajstić information content (AvgIpc) is 3.10. The molecule has 10 aliphatic rings. The van der Waals surface area contributed by atoms with Crippen molar-refractivity contribution in [1.82, 2.24) is 0 Å². The third-order valence-electron chi connectivity index (χ3n) is 8.69. The Balaban J connectivity index is 1.12. The normalized spacial score (nSPS) is 18.4. The zero-order chi connectivity index (χ0) is 32.9. The molecule has 0 atom stereocenters. The molecule has 240 valence electrons. The summed E-state index contributed by atoms with van der Waals surface area (Å²) in [6, 6.07) is 49.7. The molecule has 6 aromatic carbocycles. The second-order valence-electron chi connectivity index (χ2n) is 12.4. The average molecular weight is 685 g/mol. The van der Waals surface area contributed by atoms with E-state index >= 15 is 0 Å². The summed E-state index contributed by atoms with van der Waals surface area (Å²) in [5.74, 6) is 3.02. The SMILES string of the molecule is O=S1Cc2ccc(cc2)-c2ccc(cc2)CS(=O)Cc2ccc(cc2)-c2ccc(cc2)CS(=O)Cc2ccc(cc2)-c2ccc(cc2)C1. The number of rotatable bonds is 0. The van der Waals surface area contributed by atoms with Crippen molar-refractivity contribution in [2.24, 2.45) is 0 Å². The molecule has 10 heterocycles. The van der Waals surface area contributed by atoms with Crippen molar-refractivity contribution in [2.45, 2.75) is 34.5 Å². The summed E-state index contributed by atoms with van der Waals surface area (Å²) in [4.78, 5) is 0. The van der Waals surface area contributed by atoms with E-state index in [4.69, 9.17) is 0 Å². The van der Waals surface area contributed by atoms with E-state index in [1.54, 1.807) is 0 Å². The molecule has 6 aromatic rings. The second-order valence-corrected chi connectivity index (χ2v) is 16.7. The van der Waals surface area contributed by atoms with Crippen LogP contribution in [0.15, 0.2) is 146 Å². The van der Waals surface area contributed by atoms with Gasteiger partial charge < -0.3 is 0 Å². The van der Waals surface area contributed by atoms with Gasteiger partial charge in [0.2, 0.25) is 0 Å². The summed E-state index contributed by atoms with van der Waals surface area (Å²) in [5, 5.41) is 0. The van der Waals surface area contributed by atoms with Crippen LogP contribution in [0.3, 0.4) is 0 Å². The molecule has 0 spiro atoms. The van der Waals surface area contributed by atoms with Crippen LogP contribution in [0.25, 0.3) is 33.4 Å². The Morgan fingerprint density at radius 1 is 0.229 bits per heavy atom. The zero-order valence-corrected chi connectivity index (χ0v) is 29.0. The van der Waals surface area contributed by atoms with Gasteiger partial charge >= 0.3 is 0 Å². The van der Waals surface area contributed by atoms with E-state index in [9.17, 15) is 12.6 Å². The molecule has 12 bridgehead atoms. The lowest BCUT2D eigenvalue weighted by molar-refractivity contribution is 0.681. The van der Waals surface area contributed by atoms with E-state index in [0.717, 1.165) is 66.8 Å². The number of benzene rings is 6. The molecule has 48 heavy (non-hydrogen) atoms. The van der Waals surface area contributed by atoms with Crippen LogP contribution in [0, 0.1) is 0 Å².